The van der Waals surface area contributed by atoms with E-state index >= 15 is 0 Å². The molecule has 5 rings (SSSR count). The van der Waals surface area contributed by atoms with Crippen LogP contribution in [-0.4, -0.2) is 10.9 Å². The Morgan fingerprint density at radius 1 is 1.10 bits per heavy atom. The number of hydrogen-bond acceptors (Lipinski definition) is 4. The van der Waals surface area contributed by atoms with Crippen molar-refractivity contribution in [3.63, 3.8) is 0 Å². The molecule has 8 heteroatoms. The minimum Gasteiger partial charge on any atom is -0.450 e. The number of aromatic nitrogens is 1. The van der Waals surface area contributed by atoms with Crippen molar-refractivity contribution in [1.82, 2.24) is 4.98 Å². The fourth-order valence-electron chi connectivity index (χ4n) is 3.68. The number of hydrogen-bond donors (Lipinski definition) is 0. The van der Waals surface area contributed by atoms with E-state index in [1.54, 1.807) is 24.3 Å². The maximum atomic E-state index is 13.8. The fraction of sp³-hybridized carbons (Fsp3) is 0.0455. The van der Waals surface area contributed by atoms with Crippen molar-refractivity contribution in [2.75, 3.05) is 4.90 Å². The van der Waals surface area contributed by atoms with Gasteiger partial charge in [-0.1, -0.05) is 39.7 Å². The largest absolute Gasteiger partial charge is 0.450 e. The summed E-state index contributed by atoms with van der Waals surface area (Å²) in [6, 6.07) is 13.3. The maximum Gasteiger partial charge on any atom is 0.296 e. The van der Waals surface area contributed by atoms with Crippen LogP contribution in [0.15, 0.2) is 74.5 Å². The highest BCUT2D eigenvalue weighted by Crippen LogP contribution is 2.41. The van der Waals surface area contributed by atoms with Crippen molar-refractivity contribution in [2.45, 2.75) is 6.04 Å². The van der Waals surface area contributed by atoms with Gasteiger partial charge >= 0.3 is 0 Å². The monoisotopic (exact) mass is 484 g/mol. The van der Waals surface area contributed by atoms with Crippen LogP contribution in [0.4, 0.5) is 10.2 Å². The Kier molecular flexibility index (Phi) is 4.45. The summed E-state index contributed by atoms with van der Waals surface area (Å²) in [6.07, 6.45) is 1.42. The molecule has 0 spiro atoms. The molecule has 0 saturated carbocycles. The third-order valence-electron chi connectivity index (χ3n) is 4.96. The number of anilines is 1. The van der Waals surface area contributed by atoms with E-state index in [1.165, 1.54) is 23.2 Å². The normalized spacial score (nSPS) is 15.6. The van der Waals surface area contributed by atoms with E-state index in [9.17, 15) is 14.0 Å². The van der Waals surface area contributed by atoms with Crippen LogP contribution in [0.5, 0.6) is 0 Å². The Morgan fingerprint density at radius 3 is 2.67 bits per heavy atom. The van der Waals surface area contributed by atoms with E-state index in [1.807, 2.05) is 12.1 Å². The first kappa shape index (κ1) is 19.0. The molecule has 0 N–H and O–H groups in total. The molecule has 2 aromatic heterocycles. The van der Waals surface area contributed by atoms with Crippen molar-refractivity contribution >= 4 is 50.2 Å². The zero-order valence-corrected chi connectivity index (χ0v) is 17.4. The van der Waals surface area contributed by atoms with Crippen LogP contribution in [0.1, 0.15) is 27.7 Å². The van der Waals surface area contributed by atoms with Crippen LogP contribution in [-0.2, 0) is 0 Å². The topological polar surface area (TPSA) is 63.4 Å². The van der Waals surface area contributed by atoms with Gasteiger partial charge in [0.1, 0.15) is 17.2 Å². The highest BCUT2D eigenvalue weighted by molar-refractivity contribution is 9.10. The molecule has 1 atom stereocenters. The second-order valence-electron chi connectivity index (χ2n) is 6.78. The zero-order chi connectivity index (χ0) is 21.0. The first-order valence-corrected chi connectivity index (χ1v) is 10.1. The molecule has 0 aliphatic carbocycles. The third kappa shape index (κ3) is 2.93. The van der Waals surface area contributed by atoms with Gasteiger partial charge in [0, 0.05) is 10.7 Å². The Hall–Kier alpha value is -3.03. The van der Waals surface area contributed by atoms with Crippen molar-refractivity contribution in [3.8, 4) is 0 Å². The van der Waals surface area contributed by atoms with Crippen LogP contribution in [0.3, 0.4) is 0 Å². The summed E-state index contributed by atoms with van der Waals surface area (Å²) in [5, 5.41) is 0.491. The first-order chi connectivity index (χ1) is 14.4. The maximum absolute atomic E-state index is 13.8. The number of halogens is 3. The molecule has 148 valence electrons. The Bertz CT molecular complexity index is 1390. The van der Waals surface area contributed by atoms with Crippen molar-refractivity contribution in [1.29, 1.82) is 0 Å². The van der Waals surface area contributed by atoms with Gasteiger partial charge in [0.2, 0.25) is 5.76 Å². The Labute approximate surface area is 182 Å². The number of nitrogens with zero attached hydrogens (tertiary/aromatic N) is 2. The number of amides is 1. The summed E-state index contributed by atoms with van der Waals surface area (Å²) >= 11 is 9.38. The van der Waals surface area contributed by atoms with Crippen LogP contribution in [0.25, 0.3) is 11.0 Å². The van der Waals surface area contributed by atoms with Crippen molar-refractivity contribution in [2.24, 2.45) is 0 Å². The standard InChI is InChI=1S/C22H11BrClFN2O3/c23-12-3-1-2-11(8-12)19-18-20(28)15-9-14(25)5-6-16(15)30-21(18)22(29)27(19)17-7-4-13(24)10-26-17/h1-10,19H. The van der Waals surface area contributed by atoms with E-state index in [-0.39, 0.29) is 22.3 Å². The lowest BCUT2D eigenvalue weighted by Gasteiger charge is -2.24. The molecular formula is C22H11BrClFN2O3. The van der Waals surface area contributed by atoms with Gasteiger partial charge in [-0.2, -0.15) is 0 Å². The van der Waals surface area contributed by atoms with Gasteiger partial charge in [0.05, 0.1) is 22.0 Å². The van der Waals surface area contributed by atoms with Gasteiger partial charge in [0.15, 0.2) is 5.43 Å². The SMILES string of the molecule is O=C1c2oc3ccc(F)cc3c(=O)c2C(c2cccc(Br)c2)N1c1ccc(Cl)cn1. The number of pyridine rings is 1. The van der Waals surface area contributed by atoms with E-state index in [4.69, 9.17) is 16.0 Å². The summed E-state index contributed by atoms with van der Waals surface area (Å²) < 4.78 is 20.4. The highest BCUT2D eigenvalue weighted by atomic mass is 79.9. The van der Waals surface area contributed by atoms with Crippen LogP contribution < -0.4 is 10.3 Å². The summed E-state index contributed by atoms with van der Waals surface area (Å²) in [5.74, 6) is -0.835. The second-order valence-corrected chi connectivity index (χ2v) is 8.13. The highest BCUT2D eigenvalue weighted by Gasteiger charge is 2.44. The Balaban J connectivity index is 1.83. The molecular weight excluding hydrogens is 475 g/mol. The quantitative estimate of drug-likeness (QED) is 0.376. The molecule has 3 heterocycles. The summed E-state index contributed by atoms with van der Waals surface area (Å²) in [4.78, 5) is 32.4. The number of rotatable bonds is 2. The molecule has 1 amide bonds. The molecule has 0 fully saturated rings. The predicted molar refractivity (Wildman–Crippen MR) is 114 cm³/mol. The minimum atomic E-state index is -0.789. The zero-order valence-electron chi connectivity index (χ0n) is 15.1. The molecule has 4 aromatic rings. The molecule has 0 radical (unpaired) electrons. The smallest absolute Gasteiger partial charge is 0.296 e. The first-order valence-electron chi connectivity index (χ1n) is 8.91. The van der Waals surface area contributed by atoms with Gasteiger partial charge < -0.3 is 4.42 Å². The third-order valence-corrected chi connectivity index (χ3v) is 5.67. The van der Waals surface area contributed by atoms with E-state index in [0.29, 0.717) is 16.4 Å². The minimum absolute atomic E-state index is 0.0764. The average molecular weight is 486 g/mol. The van der Waals surface area contributed by atoms with E-state index < -0.39 is 23.2 Å². The molecule has 1 unspecified atom stereocenters. The molecule has 2 aromatic carbocycles. The van der Waals surface area contributed by atoms with Crippen LogP contribution in [0, 0.1) is 5.82 Å². The lowest BCUT2D eigenvalue weighted by atomic mass is 9.98. The lowest BCUT2D eigenvalue weighted by Crippen LogP contribution is -2.30. The number of carbonyl (C=O) groups is 1. The number of carbonyl (C=O) groups excluding carboxylic acids is 1. The molecule has 30 heavy (non-hydrogen) atoms. The Morgan fingerprint density at radius 2 is 1.93 bits per heavy atom. The number of benzene rings is 2. The molecule has 0 bridgehead atoms. The van der Waals surface area contributed by atoms with Crippen molar-refractivity contribution < 1.29 is 13.6 Å². The van der Waals surface area contributed by atoms with E-state index in [0.717, 1.165) is 10.5 Å². The van der Waals surface area contributed by atoms with Gasteiger partial charge in [-0.05, 0) is 48.0 Å². The molecule has 1 aliphatic rings. The summed E-state index contributed by atoms with van der Waals surface area (Å²) in [7, 11) is 0. The van der Waals surface area contributed by atoms with Gasteiger partial charge in [0.25, 0.3) is 5.91 Å². The molecule has 0 saturated heterocycles. The predicted octanol–water partition coefficient (Wildman–Crippen LogP) is 5.49. The van der Waals surface area contributed by atoms with E-state index in [2.05, 4.69) is 20.9 Å². The van der Waals surface area contributed by atoms with Crippen molar-refractivity contribution in [3.05, 3.63) is 103 Å². The lowest BCUT2D eigenvalue weighted by molar-refractivity contribution is 0.0970. The van der Waals surface area contributed by atoms with Gasteiger partial charge in [-0.25, -0.2) is 9.37 Å². The average Bonchev–Trinajstić information content (AvgIpc) is 3.02. The second kappa shape index (κ2) is 7.04. The number of fused-ring (bicyclic) bond motifs is 2. The molecule has 5 nitrogen and oxygen atoms in total. The van der Waals surface area contributed by atoms with Gasteiger partial charge in [-0.15, -0.1) is 0 Å². The molecule has 1 aliphatic heterocycles. The summed E-state index contributed by atoms with van der Waals surface area (Å²) in [6.45, 7) is 0. The van der Waals surface area contributed by atoms with Gasteiger partial charge in [-0.3, -0.25) is 14.5 Å². The van der Waals surface area contributed by atoms with Crippen LogP contribution in [0.2, 0.25) is 5.02 Å². The summed E-state index contributed by atoms with van der Waals surface area (Å²) in [5.41, 5.74) is 0.511. The van der Waals surface area contributed by atoms with Crippen LogP contribution >= 0.6 is 27.5 Å². The fourth-order valence-corrected chi connectivity index (χ4v) is 4.21.